The van der Waals surface area contributed by atoms with E-state index in [9.17, 15) is 4.79 Å². The molecule has 1 aromatic heterocycles. The van der Waals surface area contributed by atoms with Crippen molar-refractivity contribution in [3.63, 3.8) is 0 Å². The molecular formula is C13H18ClN3O. The molecule has 0 radical (unpaired) electrons. The number of hydrogen-bond donors (Lipinski definition) is 1. The lowest BCUT2D eigenvalue weighted by atomic mass is 9.68. The van der Waals surface area contributed by atoms with Crippen LogP contribution in [0.4, 0.5) is 5.82 Å². The average Bonchev–Trinajstić information content (AvgIpc) is 2.31. The number of amides is 1. The Morgan fingerprint density at radius 3 is 2.78 bits per heavy atom. The Balaban J connectivity index is 2.10. The molecule has 1 aliphatic rings. The van der Waals surface area contributed by atoms with Crippen molar-refractivity contribution in [2.75, 3.05) is 5.32 Å². The third kappa shape index (κ3) is 2.80. The van der Waals surface area contributed by atoms with Gasteiger partial charge in [0.15, 0.2) is 11.0 Å². The van der Waals surface area contributed by atoms with Crippen LogP contribution in [0.25, 0.3) is 0 Å². The van der Waals surface area contributed by atoms with Gasteiger partial charge in [-0.2, -0.15) is 0 Å². The molecular weight excluding hydrogens is 250 g/mol. The summed E-state index contributed by atoms with van der Waals surface area (Å²) in [5.41, 5.74) is 0.0387. The van der Waals surface area contributed by atoms with Crippen molar-refractivity contribution in [3.8, 4) is 0 Å². The highest BCUT2D eigenvalue weighted by Crippen LogP contribution is 2.41. The zero-order chi connectivity index (χ0) is 13.2. The fourth-order valence-electron chi connectivity index (χ4n) is 2.59. The van der Waals surface area contributed by atoms with Gasteiger partial charge in [-0.3, -0.25) is 4.79 Å². The molecule has 1 saturated carbocycles. The second-order valence-corrected chi connectivity index (χ2v) is 5.83. The van der Waals surface area contributed by atoms with Gasteiger partial charge >= 0.3 is 0 Å². The first kappa shape index (κ1) is 13.3. The van der Waals surface area contributed by atoms with E-state index in [1.807, 2.05) is 0 Å². The predicted molar refractivity (Wildman–Crippen MR) is 71.4 cm³/mol. The van der Waals surface area contributed by atoms with Crippen molar-refractivity contribution in [2.24, 2.45) is 11.3 Å². The molecule has 1 unspecified atom stereocenters. The Hall–Kier alpha value is -1.16. The monoisotopic (exact) mass is 267 g/mol. The standard InChI is InChI=1S/C13H18ClN3O/c1-13(2)6-4-3-5-9(13)12(18)17-11-10(14)15-7-8-16-11/h7-9H,3-6H2,1-2H3,(H,16,17,18). The molecule has 18 heavy (non-hydrogen) atoms. The number of carbonyl (C=O) groups is 1. The molecule has 1 heterocycles. The van der Waals surface area contributed by atoms with Gasteiger partial charge in [-0.15, -0.1) is 0 Å². The van der Waals surface area contributed by atoms with E-state index in [0.29, 0.717) is 5.82 Å². The van der Waals surface area contributed by atoms with Gasteiger partial charge in [-0.25, -0.2) is 9.97 Å². The van der Waals surface area contributed by atoms with E-state index < -0.39 is 0 Å². The minimum absolute atomic E-state index is 0.00194. The van der Waals surface area contributed by atoms with Crippen LogP contribution in [0.2, 0.25) is 5.15 Å². The van der Waals surface area contributed by atoms with E-state index in [4.69, 9.17) is 11.6 Å². The molecule has 1 aromatic rings. The van der Waals surface area contributed by atoms with E-state index in [2.05, 4.69) is 29.1 Å². The van der Waals surface area contributed by atoms with Gasteiger partial charge in [-0.1, -0.05) is 38.3 Å². The zero-order valence-corrected chi connectivity index (χ0v) is 11.5. The van der Waals surface area contributed by atoms with Crippen LogP contribution in [0, 0.1) is 11.3 Å². The number of rotatable bonds is 2. The van der Waals surface area contributed by atoms with Gasteiger partial charge in [0, 0.05) is 18.3 Å². The third-order valence-corrected chi connectivity index (χ3v) is 4.00. The zero-order valence-electron chi connectivity index (χ0n) is 10.7. The molecule has 1 atom stereocenters. The third-order valence-electron chi connectivity index (χ3n) is 3.72. The molecule has 1 aliphatic carbocycles. The molecule has 1 amide bonds. The van der Waals surface area contributed by atoms with Crippen LogP contribution in [0.3, 0.4) is 0 Å². The molecule has 1 N–H and O–H groups in total. The molecule has 0 aromatic carbocycles. The Kier molecular flexibility index (Phi) is 3.85. The minimum Gasteiger partial charge on any atom is -0.308 e. The van der Waals surface area contributed by atoms with Crippen molar-refractivity contribution < 1.29 is 4.79 Å². The van der Waals surface area contributed by atoms with Crippen LogP contribution in [0.15, 0.2) is 12.4 Å². The molecule has 5 heteroatoms. The summed E-state index contributed by atoms with van der Waals surface area (Å²) in [7, 11) is 0. The lowest BCUT2D eigenvalue weighted by Gasteiger charge is -2.37. The van der Waals surface area contributed by atoms with Crippen LogP contribution in [-0.2, 0) is 4.79 Å². The fourth-order valence-corrected chi connectivity index (χ4v) is 2.74. The van der Waals surface area contributed by atoms with Crippen molar-refractivity contribution in [2.45, 2.75) is 39.5 Å². The summed E-state index contributed by atoms with van der Waals surface area (Å²) >= 11 is 5.89. The van der Waals surface area contributed by atoms with Crippen LogP contribution in [-0.4, -0.2) is 15.9 Å². The maximum absolute atomic E-state index is 12.3. The van der Waals surface area contributed by atoms with E-state index in [1.165, 1.54) is 18.8 Å². The molecule has 0 saturated heterocycles. The molecule has 98 valence electrons. The summed E-state index contributed by atoms with van der Waals surface area (Å²) in [6.45, 7) is 4.30. The number of aromatic nitrogens is 2. The lowest BCUT2D eigenvalue weighted by molar-refractivity contribution is -0.124. The summed E-state index contributed by atoms with van der Waals surface area (Å²) in [6.07, 6.45) is 7.34. The highest BCUT2D eigenvalue weighted by molar-refractivity contribution is 6.32. The van der Waals surface area contributed by atoms with Crippen LogP contribution >= 0.6 is 11.6 Å². The highest BCUT2D eigenvalue weighted by atomic mass is 35.5. The van der Waals surface area contributed by atoms with Gasteiger partial charge < -0.3 is 5.32 Å². The first-order valence-electron chi connectivity index (χ1n) is 6.28. The predicted octanol–water partition coefficient (Wildman–Crippen LogP) is 3.28. The second-order valence-electron chi connectivity index (χ2n) is 5.47. The van der Waals surface area contributed by atoms with Crippen LogP contribution < -0.4 is 5.32 Å². The normalized spacial score (nSPS) is 22.5. The molecule has 1 fully saturated rings. The quantitative estimate of drug-likeness (QED) is 0.895. The molecule has 0 bridgehead atoms. The summed E-state index contributed by atoms with van der Waals surface area (Å²) < 4.78 is 0. The summed E-state index contributed by atoms with van der Waals surface area (Å²) in [5, 5.41) is 3.03. The Morgan fingerprint density at radius 1 is 1.39 bits per heavy atom. The minimum atomic E-state index is 0.00194. The largest absolute Gasteiger partial charge is 0.308 e. The Morgan fingerprint density at radius 2 is 2.11 bits per heavy atom. The second kappa shape index (κ2) is 5.22. The van der Waals surface area contributed by atoms with Gasteiger partial charge in [0.05, 0.1) is 0 Å². The van der Waals surface area contributed by atoms with Crippen molar-refractivity contribution >= 4 is 23.3 Å². The number of hydrogen-bond acceptors (Lipinski definition) is 3. The summed E-state index contributed by atoms with van der Waals surface area (Å²) in [6, 6.07) is 0. The lowest BCUT2D eigenvalue weighted by Crippen LogP contribution is -2.37. The Labute approximate surface area is 112 Å². The first-order chi connectivity index (χ1) is 8.50. The van der Waals surface area contributed by atoms with Crippen molar-refractivity contribution in [3.05, 3.63) is 17.5 Å². The van der Waals surface area contributed by atoms with E-state index in [1.54, 1.807) is 0 Å². The molecule has 0 spiro atoms. The topological polar surface area (TPSA) is 54.9 Å². The summed E-state index contributed by atoms with van der Waals surface area (Å²) in [5.74, 6) is 0.372. The Bertz CT molecular complexity index is 448. The van der Waals surface area contributed by atoms with Crippen molar-refractivity contribution in [1.82, 2.24) is 9.97 Å². The van der Waals surface area contributed by atoms with Gasteiger partial charge in [-0.05, 0) is 18.3 Å². The van der Waals surface area contributed by atoms with E-state index in [0.717, 1.165) is 19.3 Å². The van der Waals surface area contributed by atoms with Crippen molar-refractivity contribution in [1.29, 1.82) is 0 Å². The smallest absolute Gasteiger partial charge is 0.229 e. The number of nitrogens with one attached hydrogen (secondary N) is 1. The number of nitrogens with zero attached hydrogens (tertiary/aromatic N) is 2. The molecule has 4 nitrogen and oxygen atoms in total. The maximum Gasteiger partial charge on any atom is 0.229 e. The number of anilines is 1. The van der Waals surface area contributed by atoms with E-state index >= 15 is 0 Å². The van der Waals surface area contributed by atoms with Gasteiger partial charge in [0.25, 0.3) is 0 Å². The fraction of sp³-hybridized carbons (Fsp3) is 0.615. The van der Waals surface area contributed by atoms with Crippen LogP contribution in [0.1, 0.15) is 39.5 Å². The molecule has 2 rings (SSSR count). The SMILES string of the molecule is CC1(C)CCCCC1C(=O)Nc1nccnc1Cl. The highest BCUT2D eigenvalue weighted by Gasteiger charge is 2.37. The van der Waals surface area contributed by atoms with E-state index in [-0.39, 0.29) is 22.4 Å². The molecule has 0 aliphatic heterocycles. The van der Waals surface area contributed by atoms with Gasteiger partial charge in [0.2, 0.25) is 5.91 Å². The maximum atomic E-state index is 12.3. The first-order valence-corrected chi connectivity index (χ1v) is 6.66. The van der Waals surface area contributed by atoms with Crippen LogP contribution in [0.5, 0.6) is 0 Å². The average molecular weight is 268 g/mol. The number of halogens is 1. The van der Waals surface area contributed by atoms with Gasteiger partial charge in [0.1, 0.15) is 0 Å². The summed E-state index contributed by atoms with van der Waals surface area (Å²) in [4.78, 5) is 20.2. The number of carbonyl (C=O) groups excluding carboxylic acids is 1.